The lowest BCUT2D eigenvalue weighted by Crippen LogP contribution is -2.43. The van der Waals surface area contributed by atoms with Crippen molar-refractivity contribution < 1.29 is 5.11 Å². The van der Waals surface area contributed by atoms with Gasteiger partial charge in [-0.15, -0.1) is 11.6 Å². The molecule has 1 unspecified atom stereocenters. The molecule has 2 rings (SSSR count). The third-order valence-corrected chi connectivity index (χ3v) is 3.90. The number of allylic oxidation sites excluding steroid dienone is 1. The van der Waals surface area contributed by atoms with Crippen molar-refractivity contribution in [1.29, 1.82) is 0 Å². The van der Waals surface area contributed by atoms with Crippen LogP contribution in [0.4, 0.5) is 0 Å². The summed E-state index contributed by atoms with van der Waals surface area (Å²) in [4.78, 5) is 3.34. The van der Waals surface area contributed by atoms with Crippen LogP contribution in [0.5, 0.6) is 0 Å². The van der Waals surface area contributed by atoms with E-state index < -0.39 is 10.5 Å². The summed E-state index contributed by atoms with van der Waals surface area (Å²) in [5.74, 6) is 0. The van der Waals surface area contributed by atoms with Crippen LogP contribution in [0.1, 0.15) is 33.6 Å². The van der Waals surface area contributed by atoms with E-state index in [-0.39, 0.29) is 5.41 Å². The lowest BCUT2D eigenvalue weighted by molar-refractivity contribution is 0.0547. The maximum absolute atomic E-state index is 10.8. The summed E-state index contributed by atoms with van der Waals surface area (Å²) < 4.78 is 1.62. The van der Waals surface area contributed by atoms with Crippen molar-refractivity contribution in [3.05, 3.63) is 24.8 Å². The summed E-state index contributed by atoms with van der Waals surface area (Å²) in [7, 11) is 0. The Labute approximate surface area is 113 Å². The molecule has 5 heteroatoms. The van der Waals surface area contributed by atoms with Gasteiger partial charge in [-0.1, -0.05) is 32.9 Å². The fourth-order valence-corrected chi connectivity index (χ4v) is 2.05. The van der Waals surface area contributed by atoms with Gasteiger partial charge in [-0.25, -0.2) is 9.67 Å². The van der Waals surface area contributed by atoms with Crippen molar-refractivity contribution in [3.63, 3.8) is 0 Å². The highest BCUT2D eigenvalue weighted by Crippen LogP contribution is 2.52. The molecular weight excluding hydrogens is 250 g/mol. The number of alkyl halides is 1. The fourth-order valence-electron chi connectivity index (χ4n) is 1.84. The minimum Gasteiger partial charge on any atom is -0.382 e. The Balaban J connectivity index is 2.21. The SMILES string of the molecule is CC(C)(C)/C=C/C(O)(Cn1cncn1)C1(Cl)CC1. The zero-order valence-corrected chi connectivity index (χ0v) is 11.9. The van der Waals surface area contributed by atoms with Gasteiger partial charge in [0.1, 0.15) is 18.3 Å². The van der Waals surface area contributed by atoms with E-state index in [1.54, 1.807) is 11.0 Å². The molecule has 1 fully saturated rings. The summed E-state index contributed by atoms with van der Waals surface area (Å²) in [5.41, 5.74) is -1.06. The van der Waals surface area contributed by atoms with Crippen LogP contribution in [0, 0.1) is 5.41 Å². The Morgan fingerprint density at radius 3 is 2.50 bits per heavy atom. The number of rotatable bonds is 4. The van der Waals surface area contributed by atoms with E-state index >= 15 is 0 Å². The lowest BCUT2D eigenvalue weighted by Gasteiger charge is -2.30. The Morgan fingerprint density at radius 1 is 1.39 bits per heavy atom. The van der Waals surface area contributed by atoms with Crippen molar-refractivity contribution in [2.24, 2.45) is 5.41 Å². The molecule has 0 spiro atoms. The van der Waals surface area contributed by atoms with E-state index in [2.05, 4.69) is 30.9 Å². The molecular formula is C13H20ClN3O. The molecule has 1 heterocycles. The average molecular weight is 270 g/mol. The van der Waals surface area contributed by atoms with Crippen LogP contribution in [-0.4, -0.2) is 30.3 Å². The molecule has 1 aromatic heterocycles. The summed E-state index contributed by atoms with van der Waals surface area (Å²) in [6.45, 7) is 6.61. The second-order valence-electron chi connectivity index (χ2n) is 6.18. The Morgan fingerprint density at radius 2 is 2.06 bits per heavy atom. The second kappa shape index (κ2) is 4.35. The van der Waals surface area contributed by atoms with Crippen LogP contribution in [0.25, 0.3) is 0 Å². The number of halogens is 1. The number of nitrogens with zero attached hydrogens (tertiary/aromatic N) is 3. The second-order valence-corrected chi connectivity index (χ2v) is 6.91. The van der Waals surface area contributed by atoms with E-state index in [0.29, 0.717) is 6.54 Å². The molecule has 18 heavy (non-hydrogen) atoms. The van der Waals surface area contributed by atoms with Gasteiger partial charge in [0.2, 0.25) is 0 Å². The maximum Gasteiger partial charge on any atom is 0.137 e. The topological polar surface area (TPSA) is 50.9 Å². The summed E-state index contributed by atoms with van der Waals surface area (Å²) in [6, 6.07) is 0. The van der Waals surface area contributed by atoms with Gasteiger partial charge >= 0.3 is 0 Å². The van der Waals surface area contributed by atoms with Gasteiger partial charge in [-0.3, -0.25) is 0 Å². The fraction of sp³-hybridized carbons (Fsp3) is 0.692. The van der Waals surface area contributed by atoms with E-state index in [1.165, 1.54) is 6.33 Å². The first kappa shape index (κ1) is 13.6. The molecule has 1 aromatic rings. The van der Waals surface area contributed by atoms with Crippen LogP contribution in [0.15, 0.2) is 24.8 Å². The van der Waals surface area contributed by atoms with E-state index in [1.807, 2.05) is 12.2 Å². The number of hydrogen-bond acceptors (Lipinski definition) is 3. The molecule has 0 aliphatic heterocycles. The maximum atomic E-state index is 10.8. The minimum atomic E-state index is -1.07. The quantitative estimate of drug-likeness (QED) is 0.674. The van der Waals surface area contributed by atoms with Crippen molar-refractivity contribution >= 4 is 11.6 Å². The minimum absolute atomic E-state index is 0.0124. The molecule has 0 aromatic carbocycles. The predicted octanol–water partition coefficient (Wildman–Crippen LogP) is 2.38. The van der Waals surface area contributed by atoms with Crippen molar-refractivity contribution in [2.45, 2.75) is 50.6 Å². The van der Waals surface area contributed by atoms with E-state index in [0.717, 1.165) is 12.8 Å². The number of aliphatic hydroxyl groups is 1. The average Bonchev–Trinajstić information content (AvgIpc) is 2.82. The van der Waals surface area contributed by atoms with Gasteiger partial charge in [-0.05, 0) is 18.3 Å². The molecule has 0 saturated heterocycles. The number of hydrogen-bond donors (Lipinski definition) is 1. The molecule has 0 amide bonds. The van der Waals surface area contributed by atoms with Gasteiger partial charge in [0.05, 0.1) is 11.4 Å². The number of aromatic nitrogens is 3. The third-order valence-electron chi connectivity index (χ3n) is 3.19. The molecule has 1 N–H and O–H groups in total. The molecule has 0 bridgehead atoms. The Hall–Kier alpha value is -0.870. The third kappa shape index (κ3) is 2.93. The molecule has 1 atom stereocenters. The van der Waals surface area contributed by atoms with Gasteiger partial charge < -0.3 is 5.11 Å². The standard InChI is InChI=1S/C13H20ClN3O/c1-11(2,3)4-7-13(18,12(14)5-6-12)8-17-10-15-9-16-17/h4,7,9-10,18H,5-6,8H2,1-3H3/b7-4+. The van der Waals surface area contributed by atoms with Crippen LogP contribution < -0.4 is 0 Å². The van der Waals surface area contributed by atoms with Crippen LogP contribution in [0.3, 0.4) is 0 Å². The van der Waals surface area contributed by atoms with Gasteiger partial charge in [0.15, 0.2) is 0 Å². The van der Waals surface area contributed by atoms with Crippen molar-refractivity contribution in [2.75, 3.05) is 0 Å². The lowest BCUT2D eigenvalue weighted by atomic mass is 9.89. The van der Waals surface area contributed by atoms with Gasteiger partial charge in [0.25, 0.3) is 0 Å². The smallest absolute Gasteiger partial charge is 0.137 e. The first-order valence-corrected chi connectivity index (χ1v) is 6.56. The molecule has 1 saturated carbocycles. The van der Waals surface area contributed by atoms with E-state index in [9.17, 15) is 5.11 Å². The summed E-state index contributed by atoms with van der Waals surface area (Å²) in [5, 5.41) is 14.9. The highest BCUT2D eigenvalue weighted by molar-refractivity contribution is 6.27. The highest BCUT2D eigenvalue weighted by Gasteiger charge is 2.56. The molecule has 100 valence electrons. The zero-order valence-electron chi connectivity index (χ0n) is 11.1. The Kier molecular flexibility index (Phi) is 3.28. The van der Waals surface area contributed by atoms with Crippen LogP contribution >= 0.6 is 11.6 Å². The first-order valence-electron chi connectivity index (χ1n) is 6.18. The monoisotopic (exact) mass is 269 g/mol. The van der Waals surface area contributed by atoms with Crippen molar-refractivity contribution in [1.82, 2.24) is 14.8 Å². The summed E-state index contributed by atoms with van der Waals surface area (Å²) in [6.07, 6.45) is 8.55. The largest absolute Gasteiger partial charge is 0.382 e. The first-order chi connectivity index (χ1) is 8.24. The van der Waals surface area contributed by atoms with Crippen LogP contribution in [0.2, 0.25) is 0 Å². The molecule has 4 nitrogen and oxygen atoms in total. The summed E-state index contributed by atoms with van der Waals surface area (Å²) >= 11 is 6.43. The normalized spacial score (nSPS) is 22.1. The molecule has 0 radical (unpaired) electrons. The highest BCUT2D eigenvalue weighted by atomic mass is 35.5. The van der Waals surface area contributed by atoms with Gasteiger partial charge in [-0.2, -0.15) is 5.10 Å². The molecule has 1 aliphatic carbocycles. The predicted molar refractivity (Wildman–Crippen MR) is 71.4 cm³/mol. The Bertz CT molecular complexity index is 432. The van der Waals surface area contributed by atoms with Gasteiger partial charge in [0, 0.05) is 0 Å². The van der Waals surface area contributed by atoms with Crippen LogP contribution in [-0.2, 0) is 6.54 Å². The van der Waals surface area contributed by atoms with E-state index in [4.69, 9.17) is 11.6 Å². The zero-order chi connectivity index (χ0) is 13.4. The molecule has 1 aliphatic rings. The van der Waals surface area contributed by atoms with Crippen molar-refractivity contribution in [3.8, 4) is 0 Å².